The fourth-order valence-electron chi connectivity index (χ4n) is 2.87. The lowest BCUT2D eigenvalue weighted by molar-refractivity contribution is -0.136. The zero-order valence-electron chi connectivity index (χ0n) is 13.8. The molecule has 0 saturated carbocycles. The van der Waals surface area contributed by atoms with Gasteiger partial charge in [0.1, 0.15) is 6.61 Å². The van der Waals surface area contributed by atoms with Crippen molar-refractivity contribution in [3.63, 3.8) is 0 Å². The Morgan fingerprint density at radius 3 is 3.00 bits per heavy atom. The van der Waals surface area contributed by atoms with Crippen LogP contribution < -0.4 is 0 Å². The van der Waals surface area contributed by atoms with Crippen molar-refractivity contribution in [2.45, 2.75) is 26.2 Å². The van der Waals surface area contributed by atoms with Gasteiger partial charge >= 0.3 is 0 Å². The molecule has 3 heterocycles. The van der Waals surface area contributed by atoms with Crippen molar-refractivity contribution < 1.29 is 14.3 Å². The standard InChI is InChI=1S/C18H21N3O3/c1-23-13-18(22)21-7-5-17-14(10-21)8-19-9-15(17)11-24-12-16-4-2-3-6-20-16/h2-4,6,8-9H,5,7,10-13H2,1H3. The minimum atomic E-state index is 0.0138. The minimum absolute atomic E-state index is 0.0138. The van der Waals surface area contributed by atoms with Gasteiger partial charge in [-0.25, -0.2) is 0 Å². The number of ether oxygens (including phenoxy) is 2. The predicted octanol–water partition coefficient (Wildman–Crippen LogP) is 1.72. The van der Waals surface area contributed by atoms with E-state index in [1.165, 1.54) is 12.7 Å². The number of fused-ring (bicyclic) bond motifs is 1. The zero-order valence-corrected chi connectivity index (χ0v) is 13.8. The summed E-state index contributed by atoms with van der Waals surface area (Å²) in [5, 5.41) is 0. The predicted molar refractivity (Wildman–Crippen MR) is 88.0 cm³/mol. The van der Waals surface area contributed by atoms with E-state index >= 15 is 0 Å². The molecule has 0 unspecified atom stereocenters. The number of aromatic nitrogens is 2. The number of nitrogens with zero attached hydrogens (tertiary/aromatic N) is 3. The molecule has 24 heavy (non-hydrogen) atoms. The maximum Gasteiger partial charge on any atom is 0.248 e. The average molecular weight is 327 g/mol. The molecule has 1 amide bonds. The Morgan fingerprint density at radius 2 is 2.21 bits per heavy atom. The van der Waals surface area contributed by atoms with Gasteiger partial charge in [-0.2, -0.15) is 0 Å². The van der Waals surface area contributed by atoms with Gasteiger partial charge in [0, 0.05) is 38.8 Å². The van der Waals surface area contributed by atoms with E-state index in [9.17, 15) is 4.79 Å². The molecule has 0 radical (unpaired) electrons. The maximum atomic E-state index is 12.0. The molecule has 0 spiro atoms. The molecule has 0 saturated heterocycles. The summed E-state index contributed by atoms with van der Waals surface area (Å²) in [6.07, 6.45) is 6.26. The van der Waals surface area contributed by atoms with Crippen molar-refractivity contribution in [2.24, 2.45) is 0 Å². The molecular weight excluding hydrogens is 306 g/mol. The molecule has 6 nitrogen and oxygen atoms in total. The van der Waals surface area contributed by atoms with Crippen molar-refractivity contribution in [3.8, 4) is 0 Å². The van der Waals surface area contributed by atoms with Gasteiger partial charge < -0.3 is 14.4 Å². The zero-order chi connectivity index (χ0) is 16.8. The van der Waals surface area contributed by atoms with Crippen molar-refractivity contribution in [1.29, 1.82) is 0 Å². The smallest absolute Gasteiger partial charge is 0.248 e. The van der Waals surface area contributed by atoms with E-state index in [0.717, 1.165) is 23.2 Å². The normalized spacial score (nSPS) is 13.6. The third kappa shape index (κ3) is 3.96. The molecule has 0 fully saturated rings. The van der Waals surface area contributed by atoms with E-state index < -0.39 is 0 Å². The van der Waals surface area contributed by atoms with Crippen LogP contribution in [0.3, 0.4) is 0 Å². The van der Waals surface area contributed by atoms with Crippen LogP contribution in [0.25, 0.3) is 0 Å². The highest BCUT2D eigenvalue weighted by molar-refractivity contribution is 5.77. The van der Waals surface area contributed by atoms with Gasteiger partial charge in [0.15, 0.2) is 0 Å². The summed E-state index contributed by atoms with van der Waals surface area (Å²) in [4.78, 5) is 22.3. The van der Waals surface area contributed by atoms with E-state index in [4.69, 9.17) is 9.47 Å². The van der Waals surface area contributed by atoms with Gasteiger partial charge in [0.2, 0.25) is 5.91 Å². The molecule has 2 aromatic rings. The number of methoxy groups -OCH3 is 1. The maximum absolute atomic E-state index is 12.0. The Kier molecular flexibility index (Phi) is 5.51. The summed E-state index contributed by atoms with van der Waals surface area (Å²) in [5.41, 5.74) is 4.32. The average Bonchev–Trinajstić information content (AvgIpc) is 2.62. The molecule has 0 aliphatic carbocycles. The number of hydrogen-bond acceptors (Lipinski definition) is 5. The first kappa shape index (κ1) is 16.5. The van der Waals surface area contributed by atoms with Crippen LogP contribution in [-0.4, -0.2) is 41.0 Å². The Bertz CT molecular complexity index is 691. The van der Waals surface area contributed by atoms with Gasteiger partial charge in [-0.15, -0.1) is 0 Å². The first-order valence-corrected chi connectivity index (χ1v) is 7.97. The first-order valence-electron chi connectivity index (χ1n) is 7.97. The van der Waals surface area contributed by atoms with Gasteiger partial charge in [-0.1, -0.05) is 6.07 Å². The molecule has 0 aromatic carbocycles. The molecule has 126 valence electrons. The summed E-state index contributed by atoms with van der Waals surface area (Å²) >= 11 is 0. The fraction of sp³-hybridized carbons (Fsp3) is 0.389. The van der Waals surface area contributed by atoms with E-state index in [1.807, 2.05) is 35.5 Å². The van der Waals surface area contributed by atoms with Gasteiger partial charge in [0.25, 0.3) is 0 Å². The number of pyridine rings is 2. The van der Waals surface area contributed by atoms with E-state index in [-0.39, 0.29) is 12.5 Å². The Hall–Kier alpha value is -2.31. The highest BCUT2D eigenvalue weighted by Crippen LogP contribution is 2.22. The van der Waals surface area contributed by atoms with Crippen molar-refractivity contribution in [3.05, 3.63) is 59.2 Å². The second kappa shape index (κ2) is 7.99. The molecule has 1 aliphatic heterocycles. The lowest BCUT2D eigenvalue weighted by atomic mass is 9.97. The highest BCUT2D eigenvalue weighted by Gasteiger charge is 2.22. The van der Waals surface area contributed by atoms with Crippen LogP contribution in [-0.2, 0) is 40.4 Å². The first-order chi connectivity index (χ1) is 11.8. The lowest BCUT2D eigenvalue weighted by Gasteiger charge is -2.29. The molecule has 2 aromatic heterocycles. The Labute approximate surface area is 141 Å². The summed E-state index contributed by atoms with van der Waals surface area (Å²) < 4.78 is 10.7. The monoisotopic (exact) mass is 327 g/mol. The molecule has 1 aliphatic rings. The second-order valence-electron chi connectivity index (χ2n) is 5.75. The quantitative estimate of drug-likeness (QED) is 0.808. The largest absolute Gasteiger partial charge is 0.375 e. The fourth-order valence-corrected chi connectivity index (χ4v) is 2.87. The number of amides is 1. The number of hydrogen-bond donors (Lipinski definition) is 0. The van der Waals surface area contributed by atoms with Crippen molar-refractivity contribution in [2.75, 3.05) is 20.3 Å². The van der Waals surface area contributed by atoms with Crippen LogP contribution in [0.1, 0.15) is 22.4 Å². The third-order valence-electron chi connectivity index (χ3n) is 4.08. The molecule has 0 bridgehead atoms. The van der Waals surface area contributed by atoms with Crippen LogP contribution >= 0.6 is 0 Å². The van der Waals surface area contributed by atoms with Gasteiger partial charge in [-0.05, 0) is 35.2 Å². The summed E-state index contributed by atoms with van der Waals surface area (Å²) in [6, 6.07) is 5.78. The van der Waals surface area contributed by atoms with E-state index in [1.54, 1.807) is 6.20 Å². The minimum Gasteiger partial charge on any atom is -0.375 e. The Morgan fingerprint density at radius 1 is 1.29 bits per heavy atom. The van der Waals surface area contributed by atoms with Crippen molar-refractivity contribution in [1.82, 2.24) is 14.9 Å². The Balaban J connectivity index is 1.62. The second-order valence-corrected chi connectivity index (χ2v) is 5.75. The summed E-state index contributed by atoms with van der Waals surface area (Å²) in [5.74, 6) is 0.0138. The van der Waals surface area contributed by atoms with Gasteiger partial charge in [0.05, 0.1) is 18.9 Å². The van der Waals surface area contributed by atoms with Crippen LogP contribution in [0.4, 0.5) is 0 Å². The number of carbonyl (C=O) groups excluding carboxylic acids is 1. The number of rotatable bonds is 6. The van der Waals surface area contributed by atoms with E-state index in [2.05, 4.69) is 9.97 Å². The van der Waals surface area contributed by atoms with Crippen LogP contribution in [0.2, 0.25) is 0 Å². The third-order valence-corrected chi connectivity index (χ3v) is 4.08. The molecule has 6 heteroatoms. The SMILES string of the molecule is COCC(=O)N1CCc2c(COCc3ccccn3)cncc2C1. The topological polar surface area (TPSA) is 64.5 Å². The lowest BCUT2D eigenvalue weighted by Crippen LogP contribution is -2.38. The van der Waals surface area contributed by atoms with Crippen LogP contribution in [0, 0.1) is 0 Å². The van der Waals surface area contributed by atoms with Crippen molar-refractivity contribution >= 4 is 5.91 Å². The van der Waals surface area contributed by atoms with Gasteiger partial charge in [-0.3, -0.25) is 14.8 Å². The van der Waals surface area contributed by atoms with Crippen LogP contribution in [0.5, 0.6) is 0 Å². The summed E-state index contributed by atoms with van der Waals surface area (Å²) in [7, 11) is 1.54. The molecule has 0 atom stereocenters. The van der Waals surface area contributed by atoms with E-state index in [0.29, 0.717) is 26.3 Å². The summed E-state index contributed by atoms with van der Waals surface area (Å²) in [6.45, 7) is 2.38. The number of carbonyl (C=O) groups is 1. The molecule has 0 N–H and O–H groups in total. The molecule has 3 rings (SSSR count). The van der Waals surface area contributed by atoms with Crippen LogP contribution in [0.15, 0.2) is 36.8 Å². The highest BCUT2D eigenvalue weighted by atomic mass is 16.5. The molecular formula is C18H21N3O3.